The highest BCUT2D eigenvalue weighted by atomic mass is 127. The Hall–Kier alpha value is -0.330. The second-order valence-electron chi connectivity index (χ2n) is 1.71. The molecule has 0 heterocycles. The van der Waals surface area contributed by atoms with Crippen LogP contribution in [0.1, 0.15) is 12.8 Å². The van der Waals surface area contributed by atoms with Crippen molar-refractivity contribution >= 4 is 35.2 Å². The van der Waals surface area contributed by atoms with Gasteiger partial charge < -0.3 is 9.47 Å². The summed E-state index contributed by atoms with van der Waals surface area (Å²) >= 11 is 2.23. The van der Waals surface area contributed by atoms with E-state index in [0.717, 1.165) is 17.3 Å². The lowest BCUT2D eigenvalue weighted by molar-refractivity contribution is -0.125. The smallest absolute Gasteiger partial charge is 0.434 e. The standard InChI is InChI=1S/C6H9IO4/c7-3-1-2-4-10-6(9)11-5-8/h5H,1-4H2. The molecular weight excluding hydrogens is 263 g/mol. The number of rotatable bonds is 5. The van der Waals surface area contributed by atoms with E-state index in [1.165, 1.54) is 0 Å². The van der Waals surface area contributed by atoms with Crippen molar-refractivity contribution < 1.29 is 19.1 Å². The SMILES string of the molecule is O=COC(=O)OCCCCI. The summed E-state index contributed by atoms with van der Waals surface area (Å²) in [4.78, 5) is 19.9. The first-order chi connectivity index (χ1) is 5.31. The highest BCUT2D eigenvalue weighted by Gasteiger charge is 2.00. The molecule has 0 saturated carbocycles. The molecule has 5 heteroatoms. The fraction of sp³-hybridized carbons (Fsp3) is 0.667. The lowest BCUT2D eigenvalue weighted by atomic mass is 10.4. The molecule has 0 aliphatic heterocycles. The number of hydrogen-bond acceptors (Lipinski definition) is 4. The molecule has 0 atom stereocenters. The monoisotopic (exact) mass is 272 g/mol. The van der Waals surface area contributed by atoms with Crippen LogP contribution in [0.2, 0.25) is 0 Å². The highest BCUT2D eigenvalue weighted by molar-refractivity contribution is 14.1. The molecule has 0 aromatic rings. The van der Waals surface area contributed by atoms with E-state index < -0.39 is 6.16 Å². The number of carbonyl (C=O) groups is 2. The van der Waals surface area contributed by atoms with Crippen LogP contribution in [-0.2, 0) is 14.3 Å². The summed E-state index contributed by atoms with van der Waals surface area (Å²) in [7, 11) is 0. The molecule has 0 aliphatic carbocycles. The van der Waals surface area contributed by atoms with Crippen molar-refractivity contribution in [2.24, 2.45) is 0 Å². The van der Waals surface area contributed by atoms with Gasteiger partial charge in [-0.05, 0) is 17.3 Å². The van der Waals surface area contributed by atoms with Gasteiger partial charge in [-0.1, -0.05) is 22.6 Å². The van der Waals surface area contributed by atoms with E-state index in [0.29, 0.717) is 6.61 Å². The first kappa shape index (κ1) is 10.7. The predicted octanol–water partition coefficient (Wildman–Crippen LogP) is 1.51. The molecule has 11 heavy (non-hydrogen) atoms. The third-order valence-corrected chi connectivity index (χ3v) is 1.66. The second-order valence-corrected chi connectivity index (χ2v) is 2.79. The maximum Gasteiger partial charge on any atom is 0.515 e. The van der Waals surface area contributed by atoms with Crippen molar-refractivity contribution in [3.8, 4) is 0 Å². The van der Waals surface area contributed by atoms with Crippen LogP contribution in [-0.4, -0.2) is 23.7 Å². The molecule has 0 radical (unpaired) electrons. The van der Waals surface area contributed by atoms with Crippen molar-refractivity contribution in [1.29, 1.82) is 0 Å². The Labute approximate surface area is 78.4 Å². The van der Waals surface area contributed by atoms with E-state index >= 15 is 0 Å². The molecule has 0 fully saturated rings. The molecule has 0 N–H and O–H groups in total. The summed E-state index contributed by atoms with van der Waals surface area (Å²) in [5, 5.41) is 0. The van der Waals surface area contributed by atoms with Gasteiger partial charge in [0.05, 0.1) is 6.61 Å². The fourth-order valence-electron chi connectivity index (χ4n) is 0.425. The van der Waals surface area contributed by atoms with E-state index in [9.17, 15) is 9.59 Å². The average molecular weight is 272 g/mol. The van der Waals surface area contributed by atoms with E-state index in [-0.39, 0.29) is 6.47 Å². The second kappa shape index (κ2) is 7.77. The van der Waals surface area contributed by atoms with Gasteiger partial charge in [0, 0.05) is 0 Å². The van der Waals surface area contributed by atoms with Crippen LogP contribution in [0.5, 0.6) is 0 Å². The molecule has 0 amide bonds. The minimum atomic E-state index is -0.923. The van der Waals surface area contributed by atoms with Gasteiger partial charge in [-0.2, -0.15) is 0 Å². The maximum atomic E-state index is 10.3. The van der Waals surface area contributed by atoms with Crippen LogP contribution in [0.15, 0.2) is 0 Å². The van der Waals surface area contributed by atoms with Crippen LogP contribution in [0.25, 0.3) is 0 Å². The molecule has 4 nitrogen and oxygen atoms in total. The normalized spacial score (nSPS) is 8.82. The maximum absolute atomic E-state index is 10.3. The number of alkyl halides is 1. The van der Waals surface area contributed by atoms with Gasteiger partial charge in [-0.15, -0.1) is 0 Å². The number of ether oxygens (including phenoxy) is 2. The lowest BCUT2D eigenvalue weighted by Gasteiger charge is -1.99. The zero-order valence-electron chi connectivity index (χ0n) is 5.92. The third-order valence-electron chi connectivity index (χ3n) is 0.892. The summed E-state index contributed by atoms with van der Waals surface area (Å²) in [6, 6.07) is 0. The van der Waals surface area contributed by atoms with Gasteiger partial charge in [0.1, 0.15) is 0 Å². The Balaban J connectivity index is 3.10. The summed E-state index contributed by atoms with van der Waals surface area (Å²) in [5.41, 5.74) is 0. The zero-order valence-corrected chi connectivity index (χ0v) is 8.07. The molecule has 0 unspecified atom stereocenters. The van der Waals surface area contributed by atoms with Gasteiger partial charge in [0.25, 0.3) is 0 Å². The molecule has 0 aliphatic rings. The summed E-state index contributed by atoms with van der Waals surface area (Å²) < 4.78 is 9.40. The number of hydrogen-bond donors (Lipinski definition) is 0. The zero-order chi connectivity index (χ0) is 8.53. The summed E-state index contributed by atoms with van der Waals surface area (Å²) in [5.74, 6) is 0. The minimum Gasteiger partial charge on any atom is -0.434 e. The third kappa shape index (κ3) is 7.57. The van der Waals surface area contributed by atoms with Gasteiger partial charge in [0.15, 0.2) is 0 Å². The molecule has 0 aromatic heterocycles. The van der Waals surface area contributed by atoms with E-state index in [2.05, 4.69) is 32.1 Å². The summed E-state index contributed by atoms with van der Waals surface area (Å²) in [6.07, 6.45) is 0.875. The average Bonchev–Trinajstić information content (AvgIpc) is 1.99. The Morgan fingerprint density at radius 3 is 2.73 bits per heavy atom. The molecule has 0 saturated heterocycles. The highest BCUT2D eigenvalue weighted by Crippen LogP contribution is 1.95. The summed E-state index contributed by atoms with van der Waals surface area (Å²) in [6.45, 7) is 0.371. The predicted molar refractivity (Wildman–Crippen MR) is 46.6 cm³/mol. The van der Waals surface area contributed by atoms with E-state index in [4.69, 9.17) is 0 Å². The van der Waals surface area contributed by atoms with Crippen molar-refractivity contribution in [1.82, 2.24) is 0 Å². The van der Waals surface area contributed by atoms with E-state index in [1.807, 2.05) is 0 Å². The van der Waals surface area contributed by atoms with E-state index in [1.54, 1.807) is 0 Å². The Morgan fingerprint density at radius 2 is 2.18 bits per heavy atom. The first-order valence-electron chi connectivity index (χ1n) is 3.14. The molecule has 0 rings (SSSR count). The molecule has 64 valence electrons. The fourth-order valence-corrected chi connectivity index (χ4v) is 0.965. The Bertz CT molecular complexity index is 126. The molecule has 0 spiro atoms. The quantitative estimate of drug-likeness (QED) is 0.190. The topological polar surface area (TPSA) is 52.6 Å². The molecule has 0 bridgehead atoms. The van der Waals surface area contributed by atoms with Gasteiger partial charge in [-0.25, -0.2) is 4.79 Å². The minimum absolute atomic E-state index is 0.0562. The largest absolute Gasteiger partial charge is 0.515 e. The Morgan fingerprint density at radius 1 is 1.45 bits per heavy atom. The van der Waals surface area contributed by atoms with Crippen LogP contribution in [0.4, 0.5) is 4.79 Å². The Kier molecular flexibility index (Phi) is 7.54. The van der Waals surface area contributed by atoms with Crippen LogP contribution < -0.4 is 0 Å². The van der Waals surface area contributed by atoms with Gasteiger partial charge in [0.2, 0.25) is 0 Å². The lowest BCUT2D eigenvalue weighted by Crippen LogP contribution is -2.07. The first-order valence-corrected chi connectivity index (χ1v) is 4.67. The van der Waals surface area contributed by atoms with Crippen molar-refractivity contribution in [2.45, 2.75) is 12.8 Å². The van der Waals surface area contributed by atoms with Crippen LogP contribution >= 0.6 is 22.6 Å². The molecular formula is C6H9IO4. The van der Waals surface area contributed by atoms with Gasteiger partial charge >= 0.3 is 12.6 Å². The van der Waals surface area contributed by atoms with Crippen molar-refractivity contribution in [2.75, 3.05) is 11.0 Å². The number of carbonyl (C=O) groups excluding carboxylic acids is 2. The molecule has 0 aromatic carbocycles. The van der Waals surface area contributed by atoms with Crippen LogP contribution in [0.3, 0.4) is 0 Å². The number of unbranched alkanes of at least 4 members (excludes halogenated alkanes) is 1. The van der Waals surface area contributed by atoms with Gasteiger partial charge in [-0.3, -0.25) is 4.79 Å². The van der Waals surface area contributed by atoms with Crippen LogP contribution in [0, 0.1) is 0 Å². The number of halogens is 1. The van der Waals surface area contributed by atoms with Crippen molar-refractivity contribution in [3.05, 3.63) is 0 Å². The van der Waals surface area contributed by atoms with Crippen molar-refractivity contribution in [3.63, 3.8) is 0 Å².